The Kier molecular flexibility index (Phi) is 6.08. The fourth-order valence-electron chi connectivity index (χ4n) is 2.53. The number of nitrogens with zero attached hydrogens (tertiary/aromatic N) is 3. The van der Waals surface area contributed by atoms with Gasteiger partial charge in [0.15, 0.2) is 5.69 Å². The number of benzene rings is 2. The zero-order chi connectivity index (χ0) is 19.2. The maximum atomic E-state index is 13.8. The molecule has 0 bridgehead atoms. The molecular formula is C20H19ClFN3O2. The third-order valence-corrected chi connectivity index (χ3v) is 4.23. The minimum absolute atomic E-state index is 0.225. The Hall–Kier alpha value is -2.86. The lowest BCUT2D eigenvalue weighted by molar-refractivity contribution is 0.0781. The standard InChI is InChI=1S/C20H19ClFN3O2/c1-24(12-4-14-27-16-9-7-15(21)8-10-16)20(26)18-11-13-25(23-18)19-6-3-2-5-17(19)22/h2-3,5-11,13H,4,12,14H2,1H3. The smallest absolute Gasteiger partial charge is 0.274 e. The van der Waals surface area contributed by atoms with Crippen LogP contribution in [0.15, 0.2) is 60.8 Å². The van der Waals surface area contributed by atoms with Gasteiger partial charge in [-0.3, -0.25) is 4.79 Å². The van der Waals surface area contributed by atoms with E-state index in [1.807, 2.05) is 0 Å². The van der Waals surface area contributed by atoms with Crippen LogP contribution in [-0.2, 0) is 0 Å². The predicted molar refractivity (Wildman–Crippen MR) is 102 cm³/mol. The highest BCUT2D eigenvalue weighted by molar-refractivity contribution is 6.30. The van der Waals surface area contributed by atoms with Crippen LogP contribution in [0.2, 0.25) is 5.02 Å². The molecule has 2 aromatic carbocycles. The van der Waals surface area contributed by atoms with Gasteiger partial charge in [-0.05, 0) is 48.9 Å². The van der Waals surface area contributed by atoms with Crippen molar-refractivity contribution in [1.29, 1.82) is 0 Å². The molecule has 5 nitrogen and oxygen atoms in total. The molecule has 140 valence electrons. The van der Waals surface area contributed by atoms with Crippen molar-refractivity contribution >= 4 is 17.5 Å². The van der Waals surface area contributed by atoms with E-state index in [9.17, 15) is 9.18 Å². The Morgan fingerprint density at radius 3 is 2.67 bits per heavy atom. The number of carbonyl (C=O) groups excluding carboxylic acids is 1. The van der Waals surface area contributed by atoms with Crippen LogP contribution < -0.4 is 4.74 Å². The number of carbonyl (C=O) groups is 1. The van der Waals surface area contributed by atoms with Crippen LogP contribution in [0.5, 0.6) is 5.75 Å². The predicted octanol–water partition coefficient (Wildman–Crippen LogP) is 4.21. The Bertz CT molecular complexity index is 912. The fraction of sp³-hybridized carbons (Fsp3) is 0.200. The number of hydrogen-bond donors (Lipinski definition) is 0. The van der Waals surface area contributed by atoms with E-state index in [2.05, 4.69) is 5.10 Å². The van der Waals surface area contributed by atoms with Crippen molar-refractivity contribution < 1.29 is 13.9 Å². The molecule has 0 aliphatic carbocycles. The molecular weight excluding hydrogens is 369 g/mol. The average Bonchev–Trinajstić information content (AvgIpc) is 3.16. The lowest BCUT2D eigenvalue weighted by Gasteiger charge is -2.16. The minimum Gasteiger partial charge on any atom is -0.494 e. The molecule has 7 heteroatoms. The summed E-state index contributed by atoms with van der Waals surface area (Å²) in [5.74, 6) is 0.112. The molecule has 0 radical (unpaired) electrons. The summed E-state index contributed by atoms with van der Waals surface area (Å²) >= 11 is 5.83. The van der Waals surface area contributed by atoms with E-state index in [4.69, 9.17) is 16.3 Å². The maximum Gasteiger partial charge on any atom is 0.274 e. The Balaban J connectivity index is 1.52. The third kappa shape index (κ3) is 4.86. The first-order valence-electron chi connectivity index (χ1n) is 8.49. The SMILES string of the molecule is CN(CCCOc1ccc(Cl)cc1)C(=O)c1ccn(-c2ccccc2F)n1. The van der Waals surface area contributed by atoms with Gasteiger partial charge in [-0.25, -0.2) is 9.07 Å². The summed E-state index contributed by atoms with van der Waals surface area (Å²) in [6.07, 6.45) is 2.24. The summed E-state index contributed by atoms with van der Waals surface area (Å²) in [4.78, 5) is 14.0. The largest absolute Gasteiger partial charge is 0.494 e. The lowest BCUT2D eigenvalue weighted by Crippen LogP contribution is -2.29. The van der Waals surface area contributed by atoms with E-state index < -0.39 is 5.82 Å². The first kappa shape index (κ1) is 18.9. The summed E-state index contributed by atoms with van der Waals surface area (Å²) in [7, 11) is 1.70. The van der Waals surface area contributed by atoms with E-state index >= 15 is 0 Å². The number of ether oxygens (including phenoxy) is 1. The monoisotopic (exact) mass is 387 g/mol. The molecule has 0 spiro atoms. The molecule has 0 fully saturated rings. The molecule has 0 N–H and O–H groups in total. The van der Waals surface area contributed by atoms with Gasteiger partial charge in [-0.2, -0.15) is 5.10 Å². The van der Waals surface area contributed by atoms with Crippen molar-refractivity contribution in [3.63, 3.8) is 0 Å². The van der Waals surface area contributed by atoms with E-state index in [1.165, 1.54) is 10.7 Å². The minimum atomic E-state index is -0.396. The molecule has 0 aliphatic heterocycles. The van der Waals surface area contributed by atoms with Gasteiger partial charge >= 0.3 is 0 Å². The second-order valence-electron chi connectivity index (χ2n) is 5.98. The first-order chi connectivity index (χ1) is 13.0. The van der Waals surface area contributed by atoms with E-state index in [1.54, 1.807) is 66.7 Å². The number of amides is 1. The van der Waals surface area contributed by atoms with Crippen LogP contribution in [0.4, 0.5) is 4.39 Å². The number of aromatic nitrogens is 2. The van der Waals surface area contributed by atoms with E-state index in [0.29, 0.717) is 30.3 Å². The highest BCUT2D eigenvalue weighted by Gasteiger charge is 2.15. The number of hydrogen-bond acceptors (Lipinski definition) is 3. The number of halogens is 2. The second kappa shape index (κ2) is 8.68. The van der Waals surface area contributed by atoms with Gasteiger partial charge in [0.2, 0.25) is 0 Å². The Morgan fingerprint density at radius 1 is 1.19 bits per heavy atom. The molecule has 0 atom stereocenters. The molecule has 1 heterocycles. The van der Waals surface area contributed by atoms with Crippen molar-refractivity contribution in [2.45, 2.75) is 6.42 Å². The van der Waals surface area contributed by atoms with Gasteiger partial charge in [-0.1, -0.05) is 23.7 Å². The summed E-state index contributed by atoms with van der Waals surface area (Å²) in [5, 5.41) is 4.84. The van der Waals surface area contributed by atoms with Gasteiger partial charge < -0.3 is 9.64 Å². The first-order valence-corrected chi connectivity index (χ1v) is 8.87. The highest BCUT2D eigenvalue weighted by atomic mass is 35.5. The molecule has 3 aromatic rings. The van der Waals surface area contributed by atoms with Gasteiger partial charge in [0, 0.05) is 24.8 Å². The van der Waals surface area contributed by atoms with Crippen LogP contribution in [0.25, 0.3) is 5.69 Å². The molecule has 0 saturated heterocycles. The van der Waals surface area contributed by atoms with Crippen molar-refractivity contribution in [2.24, 2.45) is 0 Å². The fourth-order valence-corrected chi connectivity index (χ4v) is 2.66. The van der Waals surface area contributed by atoms with Crippen molar-refractivity contribution in [3.8, 4) is 11.4 Å². The second-order valence-corrected chi connectivity index (χ2v) is 6.42. The Labute approximate surface area is 161 Å². The third-order valence-electron chi connectivity index (χ3n) is 3.97. The van der Waals surface area contributed by atoms with E-state index in [0.717, 1.165) is 5.75 Å². The topological polar surface area (TPSA) is 47.4 Å². The summed E-state index contributed by atoms with van der Waals surface area (Å²) < 4.78 is 20.8. The maximum absolute atomic E-state index is 13.8. The quantitative estimate of drug-likeness (QED) is 0.571. The van der Waals surface area contributed by atoms with Gasteiger partial charge in [-0.15, -0.1) is 0 Å². The molecule has 1 aromatic heterocycles. The number of para-hydroxylation sites is 1. The molecule has 3 rings (SSSR count). The zero-order valence-electron chi connectivity index (χ0n) is 14.8. The van der Waals surface area contributed by atoms with Crippen LogP contribution >= 0.6 is 11.6 Å². The molecule has 1 amide bonds. The van der Waals surface area contributed by atoms with Crippen molar-refractivity contribution in [2.75, 3.05) is 20.2 Å². The average molecular weight is 388 g/mol. The van der Waals surface area contributed by atoms with E-state index in [-0.39, 0.29) is 11.6 Å². The van der Waals surface area contributed by atoms with Gasteiger partial charge in [0.1, 0.15) is 17.3 Å². The normalized spacial score (nSPS) is 10.6. The molecule has 0 unspecified atom stereocenters. The lowest BCUT2D eigenvalue weighted by atomic mass is 10.3. The summed E-state index contributed by atoms with van der Waals surface area (Å²) in [6.45, 7) is 0.988. The van der Waals surface area contributed by atoms with Crippen molar-refractivity contribution in [3.05, 3.63) is 77.3 Å². The summed E-state index contributed by atoms with van der Waals surface area (Å²) in [6, 6.07) is 15.0. The zero-order valence-corrected chi connectivity index (χ0v) is 15.6. The van der Waals surface area contributed by atoms with Gasteiger partial charge in [0.25, 0.3) is 5.91 Å². The number of rotatable bonds is 7. The highest BCUT2D eigenvalue weighted by Crippen LogP contribution is 2.16. The molecule has 27 heavy (non-hydrogen) atoms. The van der Waals surface area contributed by atoms with Crippen LogP contribution in [0, 0.1) is 5.82 Å². The molecule has 0 aliphatic rings. The van der Waals surface area contributed by atoms with Crippen LogP contribution in [0.3, 0.4) is 0 Å². The summed E-state index contributed by atoms with van der Waals surface area (Å²) in [5.41, 5.74) is 0.565. The Morgan fingerprint density at radius 2 is 1.93 bits per heavy atom. The molecule has 0 saturated carbocycles. The van der Waals surface area contributed by atoms with Gasteiger partial charge in [0.05, 0.1) is 6.61 Å². The van der Waals surface area contributed by atoms with Crippen LogP contribution in [0.1, 0.15) is 16.9 Å². The van der Waals surface area contributed by atoms with Crippen LogP contribution in [-0.4, -0.2) is 40.8 Å². The van der Waals surface area contributed by atoms with Crippen molar-refractivity contribution in [1.82, 2.24) is 14.7 Å².